The normalized spacial score (nSPS) is 10.4. The molecule has 0 atom stereocenters. The van der Waals surface area contributed by atoms with Gasteiger partial charge in [0.1, 0.15) is 5.75 Å². The maximum Gasteiger partial charge on any atom is 0.165 e. The number of aromatic hydroxyl groups is 2. The first-order chi connectivity index (χ1) is 7.58. The molecule has 0 unspecified atom stereocenters. The molecule has 2 N–H and O–H groups in total. The van der Waals surface area contributed by atoms with E-state index in [1.807, 2.05) is 0 Å². The smallest absolute Gasteiger partial charge is 0.165 e. The summed E-state index contributed by atoms with van der Waals surface area (Å²) in [6.07, 6.45) is 0. The van der Waals surface area contributed by atoms with E-state index in [9.17, 15) is 9.50 Å². The molecule has 0 saturated carbocycles. The first-order valence-corrected chi connectivity index (χ1v) is 4.93. The maximum absolute atomic E-state index is 13.1. The molecule has 0 aliphatic rings. The van der Waals surface area contributed by atoms with E-state index in [1.165, 1.54) is 30.3 Å². The Hall–Kier alpha value is -1.74. The minimum absolute atomic E-state index is 0.0490. The summed E-state index contributed by atoms with van der Waals surface area (Å²) >= 11 is 5.93. The molecule has 0 saturated heterocycles. The monoisotopic (exact) mass is 238 g/mol. The molecule has 0 aliphatic carbocycles. The second-order valence-corrected chi connectivity index (χ2v) is 3.74. The van der Waals surface area contributed by atoms with Crippen molar-refractivity contribution in [1.82, 2.24) is 0 Å². The van der Waals surface area contributed by atoms with Crippen molar-refractivity contribution < 1.29 is 14.6 Å². The van der Waals surface area contributed by atoms with Crippen LogP contribution >= 0.6 is 11.6 Å². The van der Waals surface area contributed by atoms with Crippen molar-refractivity contribution in [3.63, 3.8) is 0 Å². The Morgan fingerprint density at radius 3 is 2.44 bits per heavy atom. The predicted molar refractivity (Wildman–Crippen MR) is 60.2 cm³/mol. The molecular weight excluding hydrogens is 231 g/mol. The summed E-state index contributed by atoms with van der Waals surface area (Å²) < 4.78 is 13.1. The molecule has 2 nitrogen and oxygen atoms in total. The van der Waals surface area contributed by atoms with Gasteiger partial charge in [-0.3, -0.25) is 0 Å². The van der Waals surface area contributed by atoms with Gasteiger partial charge in [0.15, 0.2) is 11.6 Å². The Balaban J connectivity index is 2.58. The molecule has 0 bridgehead atoms. The molecule has 0 fully saturated rings. The molecule has 2 aromatic carbocycles. The largest absolute Gasteiger partial charge is 0.508 e. The van der Waals surface area contributed by atoms with Crippen molar-refractivity contribution in [2.75, 3.05) is 0 Å². The summed E-state index contributed by atoms with van der Waals surface area (Å²) in [4.78, 5) is 0. The molecule has 0 radical (unpaired) electrons. The van der Waals surface area contributed by atoms with E-state index in [2.05, 4.69) is 0 Å². The Morgan fingerprint density at radius 2 is 1.75 bits per heavy atom. The third-order valence-corrected chi connectivity index (χ3v) is 2.54. The summed E-state index contributed by atoms with van der Waals surface area (Å²) in [5, 5.41) is 18.8. The van der Waals surface area contributed by atoms with Gasteiger partial charge in [0, 0.05) is 10.6 Å². The first-order valence-electron chi connectivity index (χ1n) is 4.55. The highest BCUT2D eigenvalue weighted by Crippen LogP contribution is 2.32. The molecule has 0 aliphatic heterocycles. The van der Waals surface area contributed by atoms with Crippen molar-refractivity contribution >= 4 is 11.6 Å². The van der Waals surface area contributed by atoms with Crippen LogP contribution in [0.25, 0.3) is 11.1 Å². The summed E-state index contributed by atoms with van der Waals surface area (Å²) in [6, 6.07) is 8.34. The van der Waals surface area contributed by atoms with Crippen LogP contribution in [0.3, 0.4) is 0 Å². The lowest BCUT2D eigenvalue weighted by molar-refractivity contribution is 0.432. The Labute approximate surface area is 96.5 Å². The van der Waals surface area contributed by atoms with Gasteiger partial charge in [0.05, 0.1) is 0 Å². The fraction of sp³-hybridized carbons (Fsp3) is 0. The van der Waals surface area contributed by atoms with Crippen LogP contribution in [0.5, 0.6) is 11.5 Å². The highest BCUT2D eigenvalue weighted by atomic mass is 35.5. The topological polar surface area (TPSA) is 40.5 Å². The summed E-state index contributed by atoms with van der Waals surface area (Å²) in [5.41, 5.74) is 1.01. The summed E-state index contributed by atoms with van der Waals surface area (Å²) in [6.45, 7) is 0. The number of rotatable bonds is 1. The number of halogens is 2. The van der Waals surface area contributed by atoms with Crippen molar-refractivity contribution in [1.29, 1.82) is 0 Å². The summed E-state index contributed by atoms with van der Waals surface area (Å²) in [5.74, 6) is -1.09. The van der Waals surface area contributed by atoms with E-state index < -0.39 is 11.6 Å². The van der Waals surface area contributed by atoms with Gasteiger partial charge in [0.25, 0.3) is 0 Å². The van der Waals surface area contributed by atoms with E-state index in [4.69, 9.17) is 16.7 Å². The first kappa shape index (κ1) is 10.8. The van der Waals surface area contributed by atoms with Crippen LogP contribution < -0.4 is 0 Å². The van der Waals surface area contributed by atoms with E-state index in [1.54, 1.807) is 0 Å². The lowest BCUT2D eigenvalue weighted by Crippen LogP contribution is -1.82. The molecule has 0 spiro atoms. The molecule has 0 aromatic heterocycles. The van der Waals surface area contributed by atoms with Gasteiger partial charge in [-0.25, -0.2) is 4.39 Å². The van der Waals surface area contributed by atoms with Gasteiger partial charge < -0.3 is 10.2 Å². The fourth-order valence-corrected chi connectivity index (χ4v) is 1.64. The zero-order valence-electron chi connectivity index (χ0n) is 8.11. The molecule has 2 rings (SSSR count). The summed E-state index contributed by atoms with van der Waals surface area (Å²) in [7, 11) is 0. The predicted octanol–water partition coefficient (Wildman–Crippen LogP) is 3.56. The standard InChI is InChI=1S/C12H8ClFO2/c13-10-3-2-8(15)6-9(10)7-1-4-12(16)11(14)5-7/h1-6,15-16H. The highest BCUT2D eigenvalue weighted by molar-refractivity contribution is 6.33. The van der Waals surface area contributed by atoms with Crippen molar-refractivity contribution in [3.05, 3.63) is 47.2 Å². The van der Waals surface area contributed by atoms with Crippen molar-refractivity contribution in [2.45, 2.75) is 0 Å². The van der Waals surface area contributed by atoms with Crippen LogP contribution in [0.1, 0.15) is 0 Å². The zero-order chi connectivity index (χ0) is 11.7. The maximum atomic E-state index is 13.1. The molecule has 82 valence electrons. The van der Waals surface area contributed by atoms with E-state index in [-0.39, 0.29) is 5.75 Å². The average molecular weight is 239 g/mol. The van der Waals surface area contributed by atoms with Gasteiger partial charge >= 0.3 is 0 Å². The van der Waals surface area contributed by atoms with Gasteiger partial charge in [-0.1, -0.05) is 17.7 Å². The number of benzene rings is 2. The zero-order valence-corrected chi connectivity index (χ0v) is 8.87. The second kappa shape index (κ2) is 4.02. The Kier molecular flexibility index (Phi) is 2.71. The van der Waals surface area contributed by atoms with E-state index >= 15 is 0 Å². The van der Waals surface area contributed by atoms with Crippen molar-refractivity contribution in [3.8, 4) is 22.6 Å². The minimum Gasteiger partial charge on any atom is -0.508 e. The third kappa shape index (κ3) is 1.95. The van der Waals surface area contributed by atoms with Crippen LogP contribution in [-0.2, 0) is 0 Å². The second-order valence-electron chi connectivity index (χ2n) is 3.33. The highest BCUT2D eigenvalue weighted by Gasteiger charge is 2.07. The van der Waals surface area contributed by atoms with Crippen LogP contribution in [0.2, 0.25) is 5.02 Å². The molecular formula is C12H8ClFO2. The fourth-order valence-electron chi connectivity index (χ4n) is 1.41. The molecule has 0 heterocycles. The number of phenols is 2. The van der Waals surface area contributed by atoms with Gasteiger partial charge in [-0.05, 0) is 35.9 Å². The lowest BCUT2D eigenvalue weighted by Gasteiger charge is -2.06. The van der Waals surface area contributed by atoms with Gasteiger partial charge in [0.2, 0.25) is 0 Å². The lowest BCUT2D eigenvalue weighted by atomic mass is 10.1. The van der Waals surface area contributed by atoms with Crippen LogP contribution in [0.4, 0.5) is 4.39 Å². The number of hydrogen-bond acceptors (Lipinski definition) is 2. The third-order valence-electron chi connectivity index (χ3n) is 2.21. The molecule has 0 amide bonds. The van der Waals surface area contributed by atoms with E-state index in [0.29, 0.717) is 16.1 Å². The van der Waals surface area contributed by atoms with Crippen LogP contribution in [-0.4, -0.2) is 10.2 Å². The Bertz CT molecular complexity index is 541. The Morgan fingerprint density at radius 1 is 1.00 bits per heavy atom. The van der Waals surface area contributed by atoms with Crippen LogP contribution in [0.15, 0.2) is 36.4 Å². The molecule has 4 heteroatoms. The van der Waals surface area contributed by atoms with Gasteiger partial charge in [-0.15, -0.1) is 0 Å². The van der Waals surface area contributed by atoms with Crippen LogP contribution in [0, 0.1) is 5.82 Å². The number of phenolic OH excluding ortho intramolecular Hbond substituents is 2. The quantitative estimate of drug-likeness (QED) is 0.798. The van der Waals surface area contributed by atoms with Gasteiger partial charge in [-0.2, -0.15) is 0 Å². The van der Waals surface area contributed by atoms with Crippen molar-refractivity contribution in [2.24, 2.45) is 0 Å². The molecule has 2 aromatic rings. The average Bonchev–Trinajstić information content (AvgIpc) is 2.26. The number of hydrogen-bond donors (Lipinski definition) is 2. The van der Waals surface area contributed by atoms with E-state index in [0.717, 1.165) is 6.07 Å². The SMILES string of the molecule is Oc1ccc(Cl)c(-c2ccc(O)c(F)c2)c1. The minimum atomic E-state index is -0.725. The molecule has 16 heavy (non-hydrogen) atoms.